The molecule has 1 fully saturated rings. The molecule has 0 radical (unpaired) electrons. The third-order valence-electron chi connectivity index (χ3n) is 5.80. The van der Waals surface area contributed by atoms with E-state index in [-0.39, 0.29) is 23.7 Å². The van der Waals surface area contributed by atoms with Crippen LogP contribution in [-0.4, -0.2) is 41.3 Å². The van der Waals surface area contributed by atoms with Crippen LogP contribution in [0.3, 0.4) is 0 Å². The summed E-state index contributed by atoms with van der Waals surface area (Å²) in [6.45, 7) is 0.550. The molecule has 0 atom stereocenters. The number of nitrogens with zero attached hydrogens (tertiary/aromatic N) is 1. The molecule has 182 valence electrons. The van der Waals surface area contributed by atoms with Crippen molar-refractivity contribution in [2.24, 2.45) is 5.41 Å². The minimum Gasteiger partial charge on any atom is -0.542 e. The smallest absolute Gasteiger partial charge is 0.430 e. The molecule has 0 unspecified atom stereocenters. The van der Waals surface area contributed by atoms with Crippen molar-refractivity contribution in [1.82, 2.24) is 10.3 Å². The number of aromatic nitrogens is 2. The second-order valence-corrected chi connectivity index (χ2v) is 8.14. The van der Waals surface area contributed by atoms with Crippen molar-refractivity contribution in [1.29, 1.82) is 0 Å². The van der Waals surface area contributed by atoms with Crippen molar-refractivity contribution in [3.8, 4) is 11.3 Å². The van der Waals surface area contributed by atoms with E-state index in [2.05, 4.69) is 10.3 Å². The number of carbonyl (C=O) groups is 2. The number of halogens is 4. The topological polar surface area (TPSA) is 109 Å². The summed E-state index contributed by atoms with van der Waals surface area (Å²) in [7, 11) is 0. The molecule has 1 aliphatic rings. The van der Waals surface area contributed by atoms with Crippen LogP contribution in [-0.2, 0) is 4.79 Å². The largest absolute Gasteiger partial charge is 0.542 e. The Bertz CT molecular complexity index is 1150. The Morgan fingerprint density at radius 3 is 2.29 bits per heavy atom. The molecule has 1 aromatic carbocycles. The van der Waals surface area contributed by atoms with Gasteiger partial charge in [0, 0.05) is 17.5 Å². The quantitative estimate of drug-likeness (QED) is 0.383. The maximum atomic E-state index is 13.3. The number of benzene rings is 1. The minimum atomic E-state index is -5.19. The van der Waals surface area contributed by atoms with Crippen LogP contribution in [0.2, 0.25) is 0 Å². The van der Waals surface area contributed by atoms with Crippen molar-refractivity contribution >= 4 is 17.4 Å². The first-order valence-electron chi connectivity index (χ1n) is 10.5. The number of hydrogen-bond acceptors (Lipinski definition) is 4. The number of aliphatic hydroxyl groups is 1. The summed E-state index contributed by atoms with van der Waals surface area (Å²) in [4.78, 5) is 24.8. The first-order valence-corrected chi connectivity index (χ1v) is 10.5. The lowest BCUT2D eigenvalue weighted by molar-refractivity contribution is -0.513. The van der Waals surface area contributed by atoms with Crippen molar-refractivity contribution in [2.45, 2.75) is 31.9 Å². The SMILES string of the molecule is O=C(NCC1(CO)CCCC1)c1[nH]c(-c2ccc(F)cc2)c2cccc[n+]12.O=C([O-])C(F)(F)F. The first-order chi connectivity index (χ1) is 16.1. The van der Waals surface area contributed by atoms with E-state index < -0.39 is 12.1 Å². The third kappa shape index (κ3) is 5.71. The number of amides is 1. The van der Waals surface area contributed by atoms with E-state index in [9.17, 15) is 27.5 Å². The Hall–Kier alpha value is -3.47. The zero-order chi connectivity index (χ0) is 24.9. The monoisotopic (exact) mass is 481 g/mol. The van der Waals surface area contributed by atoms with E-state index >= 15 is 0 Å². The molecule has 1 aliphatic carbocycles. The molecule has 1 saturated carbocycles. The van der Waals surface area contributed by atoms with Crippen LogP contribution in [0.4, 0.5) is 17.6 Å². The number of carboxylic acids is 1. The molecule has 4 rings (SSSR count). The van der Waals surface area contributed by atoms with E-state index in [1.54, 1.807) is 16.5 Å². The Morgan fingerprint density at radius 2 is 1.74 bits per heavy atom. The molecule has 0 spiro atoms. The molecule has 3 N–H and O–H groups in total. The summed E-state index contributed by atoms with van der Waals surface area (Å²) in [5, 5.41) is 21.5. The summed E-state index contributed by atoms with van der Waals surface area (Å²) in [6, 6.07) is 11.9. The average molecular weight is 481 g/mol. The Morgan fingerprint density at radius 1 is 1.12 bits per heavy atom. The van der Waals surface area contributed by atoms with Crippen molar-refractivity contribution in [3.05, 3.63) is 60.3 Å². The molecule has 0 bridgehead atoms. The van der Waals surface area contributed by atoms with E-state index in [1.165, 1.54) is 12.1 Å². The number of pyridine rings is 1. The third-order valence-corrected chi connectivity index (χ3v) is 5.80. The number of rotatable bonds is 5. The maximum Gasteiger partial charge on any atom is 0.430 e. The highest BCUT2D eigenvalue weighted by molar-refractivity contribution is 5.91. The Balaban J connectivity index is 0.000000406. The van der Waals surface area contributed by atoms with Gasteiger partial charge < -0.3 is 20.3 Å². The van der Waals surface area contributed by atoms with Gasteiger partial charge in [0.25, 0.3) is 0 Å². The van der Waals surface area contributed by atoms with Crippen molar-refractivity contribution in [3.63, 3.8) is 0 Å². The lowest BCUT2D eigenvalue weighted by atomic mass is 9.87. The van der Waals surface area contributed by atoms with Crippen LogP contribution in [0.1, 0.15) is 36.3 Å². The Labute approximate surface area is 192 Å². The van der Waals surface area contributed by atoms with Gasteiger partial charge in [0.15, 0.2) is 11.2 Å². The molecule has 3 aromatic rings. The number of aliphatic hydroxyl groups excluding tert-OH is 1. The molecule has 2 heterocycles. The zero-order valence-corrected chi connectivity index (χ0v) is 18.0. The second kappa shape index (κ2) is 10.2. The zero-order valence-electron chi connectivity index (χ0n) is 18.0. The fourth-order valence-corrected chi connectivity index (χ4v) is 3.95. The number of carbonyl (C=O) groups excluding carboxylic acids is 2. The molecule has 2 aromatic heterocycles. The fourth-order valence-electron chi connectivity index (χ4n) is 3.95. The van der Waals surface area contributed by atoms with Crippen LogP contribution in [0.5, 0.6) is 0 Å². The number of fused-ring (bicyclic) bond motifs is 1. The number of imidazole rings is 1. The highest BCUT2D eigenvalue weighted by Gasteiger charge is 2.35. The number of alkyl halides is 3. The van der Waals surface area contributed by atoms with E-state index in [1.807, 2.05) is 24.4 Å². The lowest BCUT2D eigenvalue weighted by Gasteiger charge is -2.25. The summed E-state index contributed by atoms with van der Waals surface area (Å²) in [5.41, 5.74) is 2.20. The highest BCUT2D eigenvalue weighted by Crippen LogP contribution is 2.37. The number of hydrogen-bond donors (Lipinski definition) is 3. The van der Waals surface area contributed by atoms with Gasteiger partial charge >= 0.3 is 17.9 Å². The molecule has 11 heteroatoms. The highest BCUT2D eigenvalue weighted by atomic mass is 19.4. The normalized spacial score (nSPS) is 15.0. The second-order valence-electron chi connectivity index (χ2n) is 8.14. The fraction of sp³-hybridized carbons (Fsp3) is 0.348. The van der Waals surface area contributed by atoms with Gasteiger partial charge in [-0.05, 0) is 49.2 Å². The molecule has 7 nitrogen and oxygen atoms in total. The molecule has 0 aliphatic heterocycles. The Kier molecular flexibility index (Phi) is 7.55. The summed E-state index contributed by atoms with van der Waals surface area (Å²) in [5.74, 6) is -3.11. The minimum absolute atomic E-state index is 0.0900. The molecular formula is C23H23F4N3O4. The number of H-pyrrole nitrogens is 1. The van der Waals surface area contributed by atoms with Gasteiger partial charge in [0.1, 0.15) is 11.8 Å². The summed E-state index contributed by atoms with van der Waals surface area (Å²) >= 11 is 0. The van der Waals surface area contributed by atoms with Crippen molar-refractivity contribution < 1.29 is 41.8 Å². The number of aromatic amines is 1. The van der Waals surface area contributed by atoms with Crippen molar-refractivity contribution in [2.75, 3.05) is 13.2 Å². The van der Waals surface area contributed by atoms with Gasteiger partial charge in [0.05, 0.1) is 12.8 Å². The molecule has 0 saturated heterocycles. The van der Waals surface area contributed by atoms with Gasteiger partial charge in [-0.15, -0.1) is 0 Å². The van der Waals surface area contributed by atoms with Crippen LogP contribution in [0.25, 0.3) is 16.8 Å². The van der Waals surface area contributed by atoms with E-state index in [4.69, 9.17) is 9.90 Å². The van der Waals surface area contributed by atoms with Gasteiger partial charge in [-0.25, -0.2) is 9.37 Å². The van der Waals surface area contributed by atoms with Crippen LogP contribution < -0.4 is 14.8 Å². The molecule has 34 heavy (non-hydrogen) atoms. The van der Waals surface area contributed by atoms with Gasteiger partial charge in [-0.2, -0.15) is 17.6 Å². The molecular weight excluding hydrogens is 458 g/mol. The van der Waals surface area contributed by atoms with Gasteiger partial charge in [-0.3, -0.25) is 4.79 Å². The first kappa shape index (κ1) is 25.2. The van der Waals surface area contributed by atoms with Crippen LogP contribution in [0.15, 0.2) is 48.7 Å². The van der Waals surface area contributed by atoms with E-state index in [0.29, 0.717) is 12.4 Å². The van der Waals surface area contributed by atoms with Gasteiger partial charge in [0.2, 0.25) is 0 Å². The van der Waals surface area contributed by atoms with Crippen LogP contribution in [0, 0.1) is 11.2 Å². The summed E-state index contributed by atoms with van der Waals surface area (Å²) in [6.07, 6.45) is 0.675. The van der Waals surface area contributed by atoms with Gasteiger partial charge in [-0.1, -0.05) is 18.9 Å². The number of nitrogens with one attached hydrogen (secondary N) is 2. The average Bonchev–Trinajstić information content (AvgIpc) is 3.44. The molecule has 1 amide bonds. The van der Waals surface area contributed by atoms with Crippen LogP contribution >= 0.6 is 0 Å². The standard InChI is InChI=1S/C21H22FN3O2.C2HF3O2/c22-16-8-6-15(7-9-16)18-17-5-1-4-12-25(17)19(24-18)20(27)23-13-21(14-26)10-2-3-11-21;3-2(4,5)1(6)7/h1,4-9,12,26H,2-3,10-11,13-14H2,(H,23,27);(H,6,7). The summed E-state index contributed by atoms with van der Waals surface area (Å²) < 4.78 is 46.6. The lowest BCUT2D eigenvalue weighted by Crippen LogP contribution is -2.41. The van der Waals surface area contributed by atoms with E-state index in [0.717, 1.165) is 42.5 Å². The number of carboxylic acid groups (broad SMARTS) is 1. The predicted octanol–water partition coefficient (Wildman–Crippen LogP) is 2.14. The number of aliphatic carboxylic acids is 1. The maximum absolute atomic E-state index is 13.3. The predicted molar refractivity (Wildman–Crippen MR) is 111 cm³/mol.